The molecule has 4 nitrogen and oxygen atoms in total. The summed E-state index contributed by atoms with van der Waals surface area (Å²) in [7, 11) is 0. The molecule has 0 amide bonds. The van der Waals surface area contributed by atoms with E-state index in [0.29, 0.717) is 11.1 Å². The Balaban J connectivity index is 2.25. The van der Waals surface area contributed by atoms with E-state index in [2.05, 4.69) is 15.1 Å². The van der Waals surface area contributed by atoms with Gasteiger partial charge in [0.2, 0.25) is 0 Å². The number of halogens is 1. The minimum atomic E-state index is 0.520. The van der Waals surface area contributed by atoms with Crippen molar-refractivity contribution < 1.29 is 0 Å². The van der Waals surface area contributed by atoms with Crippen molar-refractivity contribution in [3.8, 4) is 0 Å². The zero-order valence-electron chi connectivity index (χ0n) is 8.44. The summed E-state index contributed by atoms with van der Waals surface area (Å²) in [4.78, 5) is 8.85. The predicted octanol–water partition coefficient (Wildman–Crippen LogP) is 2.38. The lowest BCUT2D eigenvalue weighted by atomic mass is 10.3. The van der Waals surface area contributed by atoms with Gasteiger partial charge in [-0.05, 0) is 19.8 Å². The van der Waals surface area contributed by atoms with Gasteiger partial charge in [-0.1, -0.05) is 11.6 Å². The molecular formula is C10H11ClN4. The number of nitrogens with zero attached hydrogens (tertiary/aromatic N) is 4. The van der Waals surface area contributed by atoms with Crippen LogP contribution in [0.5, 0.6) is 0 Å². The molecule has 1 aliphatic carbocycles. The minimum absolute atomic E-state index is 0.520. The Morgan fingerprint density at radius 3 is 2.93 bits per heavy atom. The first-order valence-corrected chi connectivity index (χ1v) is 5.56. The van der Waals surface area contributed by atoms with Gasteiger partial charge < -0.3 is 0 Å². The Bertz CT molecular complexity index is 515. The van der Waals surface area contributed by atoms with Crippen molar-refractivity contribution >= 4 is 22.6 Å². The topological polar surface area (TPSA) is 43.6 Å². The second-order valence-corrected chi connectivity index (χ2v) is 4.20. The summed E-state index contributed by atoms with van der Waals surface area (Å²) in [6, 6.07) is 0. The van der Waals surface area contributed by atoms with Crippen LogP contribution in [0.15, 0.2) is 6.20 Å². The van der Waals surface area contributed by atoms with E-state index in [4.69, 9.17) is 11.6 Å². The molecule has 3 rings (SSSR count). The second kappa shape index (κ2) is 3.17. The highest BCUT2D eigenvalue weighted by Gasteiger charge is 2.28. The Labute approximate surface area is 92.3 Å². The molecule has 0 N–H and O–H groups in total. The van der Waals surface area contributed by atoms with Crippen LogP contribution in [0.25, 0.3) is 11.0 Å². The average Bonchev–Trinajstić information content (AvgIpc) is 2.99. The van der Waals surface area contributed by atoms with Crippen molar-refractivity contribution in [2.75, 3.05) is 0 Å². The molecule has 78 valence electrons. The Morgan fingerprint density at radius 2 is 2.27 bits per heavy atom. The van der Waals surface area contributed by atoms with Crippen molar-refractivity contribution in [2.45, 2.75) is 32.2 Å². The van der Waals surface area contributed by atoms with Gasteiger partial charge in [-0.2, -0.15) is 5.10 Å². The number of fused-ring (bicyclic) bond motifs is 1. The zero-order chi connectivity index (χ0) is 10.4. The van der Waals surface area contributed by atoms with Crippen molar-refractivity contribution in [1.82, 2.24) is 19.7 Å². The molecule has 15 heavy (non-hydrogen) atoms. The van der Waals surface area contributed by atoms with Crippen LogP contribution in [0.4, 0.5) is 0 Å². The highest BCUT2D eigenvalue weighted by atomic mass is 35.5. The Hall–Kier alpha value is -1.16. The van der Waals surface area contributed by atoms with Gasteiger partial charge in [0.15, 0.2) is 5.65 Å². The van der Waals surface area contributed by atoms with E-state index in [9.17, 15) is 0 Å². The van der Waals surface area contributed by atoms with Gasteiger partial charge >= 0.3 is 0 Å². The molecule has 1 saturated carbocycles. The number of hydrogen-bond donors (Lipinski definition) is 0. The standard InChI is InChI=1S/C10H11ClN4/c1-2-15-10-7(5-12-15)8(11)13-9(14-10)6-3-4-6/h5-6H,2-4H2,1H3. The number of rotatable bonds is 2. The fourth-order valence-electron chi connectivity index (χ4n) is 1.69. The third-order valence-corrected chi connectivity index (χ3v) is 3.00. The van der Waals surface area contributed by atoms with E-state index in [1.54, 1.807) is 6.20 Å². The summed E-state index contributed by atoms with van der Waals surface area (Å²) in [5.41, 5.74) is 0.861. The highest BCUT2D eigenvalue weighted by Crippen LogP contribution is 2.39. The van der Waals surface area contributed by atoms with Crippen LogP contribution >= 0.6 is 11.6 Å². The summed E-state index contributed by atoms with van der Waals surface area (Å²) in [5.74, 6) is 1.40. The fourth-order valence-corrected chi connectivity index (χ4v) is 1.91. The second-order valence-electron chi connectivity index (χ2n) is 3.84. The van der Waals surface area contributed by atoms with Gasteiger partial charge in [0.25, 0.3) is 0 Å². The molecule has 0 saturated heterocycles. The lowest BCUT2D eigenvalue weighted by Crippen LogP contribution is -2.00. The third-order valence-electron chi connectivity index (χ3n) is 2.71. The molecule has 0 spiro atoms. The molecule has 2 aromatic rings. The summed E-state index contributed by atoms with van der Waals surface area (Å²) in [6.45, 7) is 2.85. The smallest absolute Gasteiger partial charge is 0.163 e. The van der Waals surface area contributed by atoms with Crippen LogP contribution < -0.4 is 0 Å². The molecule has 0 radical (unpaired) electrons. The summed E-state index contributed by atoms with van der Waals surface area (Å²) >= 11 is 6.10. The van der Waals surface area contributed by atoms with Gasteiger partial charge in [0, 0.05) is 12.5 Å². The normalized spacial score (nSPS) is 16.1. The molecule has 2 heterocycles. The van der Waals surface area contributed by atoms with Gasteiger partial charge in [-0.15, -0.1) is 0 Å². The van der Waals surface area contributed by atoms with Crippen LogP contribution in [0.1, 0.15) is 31.5 Å². The molecule has 0 atom stereocenters. The van der Waals surface area contributed by atoms with Crippen LogP contribution in [0.3, 0.4) is 0 Å². The van der Waals surface area contributed by atoms with E-state index in [1.807, 2.05) is 11.6 Å². The van der Waals surface area contributed by atoms with Gasteiger partial charge in [0.05, 0.1) is 11.6 Å². The van der Waals surface area contributed by atoms with Crippen molar-refractivity contribution in [2.24, 2.45) is 0 Å². The van der Waals surface area contributed by atoms with Crippen molar-refractivity contribution in [3.05, 3.63) is 17.2 Å². The maximum absolute atomic E-state index is 6.10. The largest absolute Gasteiger partial charge is 0.247 e. The van der Waals surface area contributed by atoms with Crippen LogP contribution in [0.2, 0.25) is 5.15 Å². The molecule has 1 fully saturated rings. The maximum atomic E-state index is 6.10. The lowest BCUT2D eigenvalue weighted by molar-refractivity contribution is 0.674. The molecule has 0 aliphatic heterocycles. The summed E-state index contributed by atoms with van der Waals surface area (Å²) in [6.07, 6.45) is 4.10. The molecule has 0 unspecified atom stereocenters. The van der Waals surface area contributed by atoms with Crippen molar-refractivity contribution in [3.63, 3.8) is 0 Å². The minimum Gasteiger partial charge on any atom is -0.247 e. The van der Waals surface area contributed by atoms with Gasteiger partial charge in [-0.3, -0.25) is 0 Å². The first kappa shape index (κ1) is 9.09. The van der Waals surface area contributed by atoms with Gasteiger partial charge in [0.1, 0.15) is 11.0 Å². The molecule has 0 aromatic carbocycles. The molecule has 5 heteroatoms. The van der Waals surface area contributed by atoms with Crippen LogP contribution in [0, 0.1) is 0 Å². The van der Waals surface area contributed by atoms with E-state index in [1.165, 1.54) is 12.8 Å². The number of hydrogen-bond acceptors (Lipinski definition) is 3. The molecule has 0 bridgehead atoms. The van der Waals surface area contributed by atoms with E-state index >= 15 is 0 Å². The number of aryl methyl sites for hydroxylation is 1. The maximum Gasteiger partial charge on any atom is 0.163 e. The Morgan fingerprint density at radius 1 is 1.47 bits per heavy atom. The zero-order valence-corrected chi connectivity index (χ0v) is 9.20. The fraction of sp³-hybridized carbons (Fsp3) is 0.500. The average molecular weight is 223 g/mol. The summed E-state index contributed by atoms with van der Waals surface area (Å²) < 4.78 is 1.86. The van der Waals surface area contributed by atoms with Crippen LogP contribution in [-0.4, -0.2) is 19.7 Å². The molecule has 2 aromatic heterocycles. The highest BCUT2D eigenvalue weighted by molar-refractivity contribution is 6.33. The first-order valence-electron chi connectivity index (χ1n) is 5.18. The third kappa shape index (κ3) is 1.40. The van der Waals surface area contributed by atoms with E-state index < -0.39 is 0 Å². The monoisotopic (exact) mass is 222 g/mol. The molecule has 1 aliphatic rings. The first-order chi connectivity index (χ1) is 7.29. The number of aromatic nitrogens is 4. The van der Waals surface area contributed by atoms with E-state index in [-0.39, 0.29) is 0 Å². The molecular weight excluding hydrogens is 212 g/mol. The van der Waals surface area contributed by atoms with Gasteiger partial charge in [-0.25, -0.2) is 14.6 Å². The quantitative estimate of drug-likeness (QED) is 0.733. The SMILES string of the molecule is CCn1ncc2c(Cl)nc(C3CC3)nc21. The predicted molar refractivity (Wildman–Crippen MR) is 58.0 cm³/mol. The summed E-state index contributed by atoms with van der Waals surface area (Å²) in [5, 5.41) is 5.60. The van der Waals surface area contributed by atoms with Crippen molar-refractivity contribution in [1.29, 1.82) is 0 Å². The van der Waals surface area contributed by atoms with E-state index in [0.717, 1.165) is 23.4 Å². The Kier molecular flexibility index (Phi) is 1.92. The van der Waals surface area contributed by atoms with Crippen LogP contribution in [-0.2, 0) is 6.54 Å². The lowest BCUT2D eigenvalue weighted by Gasteiger charge is -2.01.